The molecule has 0 aliphatic heterocycles. The third-order valence-corrected chi connectivity index (χ3v) is 5.46. The van der Waals surface area contributed by atoms with E-state index in [1.54, 1.807) is 0 Å². The van der Waals surface area contributed by atoms with E-state index in [1.165, 1.54) is 33.4 Å². The Morgan fingerprint density at radius 1 is 0.769 bits per heavy atom. The summed E-state index contributed by atoms with van der Waals surface area (Å²) in [4.78, 5) is 0. The van der Waals surface area contributed by atoms with Crippen molar-refractivity contribution in [2.24, 2.45) is 0 Å². The van der Waals surface area contributed by atoms with E-state index < -0.39 is 0 Å². The molecular weight excluding hydrogens is 312 g/mol. The molecule has 0 radical (unpaired) electrons. The third-order valence-electron chi connectivity index (χ3n) is 5.46. The highest BCUT2D eigenvalue weighted by molar-refractivity contribution is 5.86. The molecule has 5 rings (SSSR count). The van der Waals surface area contributed by atoms with Crippen molar-refractivity contribution < 1.29 is 0 Å². The molecule has 3 aromatic rings. The minimum absolute atomic E-state index is 0.350. The van der Waals surface area contributed by atoms with Crippen molar-refractivity contribution in [3.63, 3.8) is 0 Å². The van der Waals surface area contributed by atoms with Gasteiger partial charge in [-0.25, -0.2) is 0 Å². The van der Waals surface area contributed by atoms with Crippen LogP contribution in [0.4, 0.5) is 0 Å². The lowest BCUT2D eigenvalue weighted by atomic mass is 9.67. The van der Waals surface area contributed by atoms with Crippen molar-refractivity contribution in [3.05, 3.63) is 130 Å². The van der Waals surface area contributed by atoms with Gasteiger partial charge in [0.05, 0.1) is 5.41 Å². The standard InChI is InChI=1S/C26H18/c1-19-16-17-23-22-14-8-9-15-24(22)26(25(23)18-19,20-10-4-2-5-11-20)21-12-6-3-7-13-21/h2-6,8-12,14-18H,1H3. The van der Waals surface area contributed by atoms with E-state index in [4.69, 9.17) is 0 Å². The predicted molar refractivity (Wildman–Crippen MR) is 107 cm³/mol. The first kappa shape index (κ1) is 15.0. The van der Waals surface area contributed by atoms with Crippen molar-refractivity contribution in [1.29, 1.82) is 0 Å². The van der Waals surface area contributed by atoms with Crippen LogP contribution in [0, 0.1) is 6.92 Å². The monoisotopic (exact) mass is 330 g/mol. The Morgan fingerprint density at radius 2 is 1.54 bits per heavy atom. The second-order valence-electron chi connectivity index (χ2n) is 6.92. The van der Waals surface area contributed by atoms with E-state index in [1.807, 2.05) is 6.08 Å². The number of rotatable bonds is 2. The Morgan fingerprint density at radius 3 is 2.35 bits per heavy atom. The van der Waals surface area contributed by atoms with Crippen molar-refractivity contribution >= 4 is 0 Å². The molecule has 1 unspecified atom stereocenters. The van der Waals surface area contributed by atoms with E-state index in [0.29, 0.717) is 0 Å². The lowest BCUT2D eigenvalue weighted by Gasteiger charge is -2.33. The van der Waals surface area contributed by atoms with E-state index in [-0.39, 0.29) is 5.41 Å². The van der Waals surface area contributed by atoms with Crippen LogP contribution in [-0.4, -0.2) is 0 Å². The smallest absolute Gasteiger partial charge is 0.0699 e. The minimum Gasteiger partial charge on any atom is -0.0699 e. The number of benzene rings is 3. The number of fused-ring (bicyclic) bond motifs is 3. The normalized spacial score (nSPS) is 19.2. The number of hydrogen-bond donors (Lipinski definition) is 0. The summed E-state index contributed by atoms with van der Waals surface area (Å²) >= 11 is 0. The zero-order valence-electron chi connectivity index (χ0n) is 14.7. The Bertz CT molecular complexity index is 1150. The summed E-state index contributed by atoms with van der Waals surface area (Å²) in [7, 11) is 0. The Kier molecular flexibility index (Phi) is 3.24. The topological polar surface area (TPSA) is 0 Å². The summed E-state index contributed by atoms with van der Waals surface area (Å²) in [5.74, 6) is 0. The summed E-state index contributed by atoms with van der Waals surface area (Å²) < 4.78 is 0. The lowest BCUT2D eigenvalue weighted by Crippen LogP contribution is -2.29. The van der Waals surface area contributed by atoms with E-state index in [9.17, 15) is 0 Å². The SMILES string of the molecule is Cc1ccc2c(c1)C(C1=C=C=CC=C1)(c1ccccc1)c1ccccc1-2. The van der Waals surface area contributed by atoms with Crippen LogP contribution in [0.5, 0.6) is 0 Å². The maximum atomic E-state index is 3.43. The van der Waals surface area contributed by atoms with Gasteiger partial charge in [-0.05, 0) is 46.9 Å². The molecule has 1 atom stereocenters. The van der Waals surface area contributed by atoms with Crippen molar-refractivity contribution in [2.45, 2.75) is 12.3 Å². The Hall–Kier alpha value is -3.30. The van der Waals surface area contributed by atoms with Gasteiger partial charge in [0.1, 0.15) is 0 Å². The zero-order chi connectivity index (χ0) is 17.6. The highest BCUT2D eigenvalue weighted by Crippen LogP contribution is 2.56. The minimum atomic E-state index is -0.350. The highest BCUT2D eigenvalue weighted by Gasteiger charge is 2.46. The summed E-state index contributed by atoms with van der Waals surface area (Å²) in [5.41, 5.74) is 15.2. The fraction of sp³-hybridized carbons (Fsp3) is 0.0769. The molecular formula is C26H18. The van der Waals surface area contributed by atoms with E-state index >= 15 is 0 Å². The molecule has 122 valence electrons. The first-order chi connectivity index (χ1) is 12.8. The largest absolute Gasteiger partial charge is 0.0792 e. The van der Waals surface area contributed by atoms with Crippen LogP contribution in [-0.2, 0) is 5.41 Å². The molecule has 2 aliphatic carbocycles. The summed E-state index contributed by atoms with van der Waals surface area (Å²) in [5, 5.41) is 0. The van der Waals surface area contributed by atoms with Crippen LogP contribution < -0.4 is 0 Å². The molecule has 26 heavy (non-hydrogen) atoms. The maximum Gasteiger partial charge on any atom is 0.0792 e. The number of aryl methyl sites for hydroxylation is 1. The fourth-order valence-corrected chi connectivity index (χ4v) is 4.41. The van der Waals surface area contributed by atoms with Gasteiger partial charge in [-0.15, -0.1) is 0 Å². The van der Waals surface area contributed by atoms with Crippen LogP contribution in [0.2, 0.25) is 0 Å². The second kappa shape index (κ2) is 5.61. The van der Waals surface area contributed by atoms with Crippen LogP contribution in [0.1, 0.15) is 22.3 Å². The lowest BCUT2D eigenvalue weighted by molar-refractivity contribution is 0.767. The van der Waals surface area contributed by atoms with Crippen LogP contribution >= 0.6 is 0 Å². The first-order valence-corrected chi connectivity index (χ1v) is 8.97. The van der Waals surface area contributed by atoms with E-state index in [2.05, 4.69) is 103 Å². The quantitative estimate of drug-likeness (QED) is 0.497. The van der Waals surface area contributed by atoms with Crippen LogP contribution in [0.25, 0.3) is 11.1 Å². The Labute approximate surface area is 154 Å². The molecule has 0 saturated heterocycles. The van der Waals surface area contributed by atoms with Gasteiger partial charge in [0, 0.05) is 5.57 Å². The summed E-state index contributed by atoms with van der Waals surface area (Å²) in [6, 6.07) is 26.4. The molecule has 0 aromatic heterocycles. The molecule has 0 amide bonds. The number of hydrogen-bond acceptors (Lipinski definition) is 0. The van der Waals surface area contributed by atoms with Crippen LogP contribution in [0.15, 0.2) is 108 Å². The number of allylic oxidation sites excluding steroid dienone is 4. The molecule has 0 heteroatoms. The predicted octanol–water partition coefficient (Wildman–Crippen LogP) is 6.12. The fourth-order valence-electron chi connectivity index (χ4n) is 4.41. The van der Waals surface area contributed by atoms with Gasteiger partial charge in [0.25, 0.3) is 0 Å². The third kappa shape index (κ3) is 1.92. The molecule has 0 fully saturated rings. The molecule has 0 heterocycles. The van der Waals surface area contributed by atoms with Gasteiger partial charge in [0.2, 0.25) is 0 Å². The highest BCUT2D eigenvalue weighted by atomic mass is 14.5. The summed E-state index contributed by atoms with van der Waals surface area (Å²) in [6.07, 6.45) is 6.16. The molecule has 0 bridgehead atoms. The zero-order valence-corrected chi connectivity index (χ0v) is 14.7. The van der Waals surface area contributed by atoms with E-state index in [0.717, 1.165) is 5.57 Å². The molecule has 3 aromatic carbocycles. The van der Waals surface area contributed by atoms with Gasteiger partial charge in [0.15, 0.2) is 0 Å². The Balaban J connectivity index is 2.01. The summed E-state index contributed by atoms with van der Waals surface area (Å²) in [6.45, 7) is 2.17. The average Bonchev–Trinajstić information content (AvgIpc) is 3.00. The van der Waals surface area contributed by atoms with Gasteiger partial charge in [-0.3, -0.25) is 0 Å². The molecule has 0 N–H and O–H groups in total. The molecule has 0 nitrogen and oxygen atoms in total. The molecule has 0 saturated carbocycles. The van der Waals surface area contributed by atoms with Crippen molar-refractivity contribution in [1.82, 2.24) is 0 Å². The van der Waals surface area contributed by atoms with Crippen molar-refractivity contribution in [2.75, 3.05) is 0 Å². The molecule has 0 spiro atoms. The van der Waals surface area contributed by atoms with Crippen molar-refractivity contribution in [3.8, 4) is 11.1 Å². The molecule has 2 aliphatic rings. The van der Waals surface area contributed by atoms with Gasteiger partial charge in [-0.1, -0.05) is 95.9 Å². The van der Waals surface area contributed by atoms with Gasteiger partial charge < -0.3 is 0 Å². The average molecular weight is 330 g/mol. The second-order valence-corrected chi connectivity index (χ2v) is 6.92. The van der Waals surface area contributed by atoms with Gasteiger partial charge in [-0.2, -0.15) is 0 Å². The first-order valence-electron chi connectivity index (χ1n) is 8.97. The van der Waals surface area contributed by atoms with Gasteiger partial charge >= 0.3 is 0 Å². The maximum absolute atomic E-state index is 3.43. The van der Waals surface area contributed by atoms with Crippen LogP contribution in [0.3, 0.4) is 0 Å².